The molecule has 1 N–H and O–H groups in total. The maximum Gasteiger partial charge on any atom is 0.251 e. The van der Waals surface area contributed by atoms with Gasteiger partial charge in [0.1, 0.15) is 5.75 Å². The van der Waals surface area contributed by atoms with Gasteiger partial charge < -0.3 is 15.0 Å². The third-order valence-corrected chi connectivity index (χ3v) is 4.04. The minimum atomic E-state index is 0.0527. The molecule has 1 saturated heterocycles. The van der Waals surface area contributed by atoms with Crippen molar-refractivity contribution in [3.8, 4) is 5.75 Å². The molecule has 2 heterocycles. The highest BCUT2D eigenvalue weighted by atomic mass is 16.5. The number of piperidine rings is 1. The van der Waals surface area contributed by atoms with Crippen LogP contribution in [0.15, 0.2) is 18.2 Å². The van der Waals surface area contributed by atoms with E-state index in [1.165, 1.54) is 0 Å². The number of hydrogen-bond donors (Lipinski definition) is 1. The molecule has 4 heteroatoms. The summed E-state index contributed by atoms with van der Waals surface area (Å²) in [5, 5.41) is 3.16. The van der Waals surface area contributed by atoms with Gasteiger partial charge in [-0.15, -0.1) is 0 Å². The fourth-order valence-corrected chi connectivity index (χ4v) is 2.85. The molecule has 3 rings (SSSR count). The van der Waals surface area contributed by atoms with E-state index in [2.05, 4.69) is 17.3 Å². The van der Waals surface area contributed by atoms with Crippen LogP contribution in [0.4, 0.5) is 0 Å². The summed E-state index contributed by atoms with van der Waals surface area (Å²) in [5.41, 5.74) is 1.85. The van der Waals surface area contributed by atoms with E-state index in [1.807, 2.05) is 18.2 Å². The van der Waals surface area contributed by atoms with Gasteiger partial charge in [0.25, 0.3) is 5.91 Å². The predicted octanol–water partition coefficient (Wildman–Crippen LogP) is 1.45. The van der Waals surface area contributed by atoms with E-state index >= 15 is 0 Å². The number of likely N-dealkylation sites (tertiary alicyclic amines) is 1. The predicted molar refractivity (Wildman–Crippen MR) is 73.6 cm³/mol. The molecule has 0 aromatic heterocycles. The fourth-order valence-electron chi connectivity index (χ4n) is 2.85. The number of ether oxygens (including phenoxy) is 1. The van der Waals surface area contributed by atoms with Gasteiger partial charge in [-0.1, -0.05) is 6.07 Å². The van der Waals surface area contributed by atoms with Gasteiger partial charge in [0, 0.05) is 23.6 Å². The molecule has 2 aliphatic rings. The van der Waals surface area contributed by atoms with Crippen LogP contribution >= 0.6 is 0 Å². The summed E-state index contributed by atoms with van der Waals surface area (Å²) in [7, 11) is 2.12. The number of rotatable bonds is 2. The second-order valence-electron chi connectivity index (χ2n) is 5.43. The molecule has 0 bridgehead atoms. The Kier molecular flexibility index (Phi) is 3.42. The van der Waals surface area contributed by atoms with Crippen molar-refractivity contribution in [2.45, 2.75) is 25.3 Å². The van der Waals surface area contributed by atoms with Crippen molar-refractivity contribution in [2.24, 2.45) is 0 Å². The van der Waals surface area contributed by atoms with Gasteiger partial charge in [-0.05, 0) is 45.1 Å². The summed E-state index contributed by atoms with van der Waals surface area (Å²) >= 11 is 0. The first-order valence-electron chi connectivity index (χ1n) is 6.98. The van der Waals surface area contributed by atoms with Gasteiger partial charge >= 0.3 is 0 Å². The first kappa shape index (κ1) is 12.5. The largest absolute Gasteiger partial charge is 0.493 e. The summed E-state index contributed by atoms with van der Waals surface area (Å²) in [6, 6.07) is 6.04. The Bertz CT molecular complexity index is 479. The SMILES string of the molecule is CN1CCC(NC(=O)c2cccc3c2CCO3)CC1. The minimum absolute atomic E-state index is 0.0527. The van der Waals surface area contributed by atoms with Gasteiger partial charge in [-0.2, -0.15) is 0 Å². The Hall–Kier alpha value is -1.55. The van der Waals surface area contributed by atoms with Crippen LogP contribution < -0.4 is 10.1 Å². The Balaban J connectivity index is 1.69. The average molecular weight is 260 g/mol. The maximum atomic E-state index is 12.4. The highest BCUT2D eigenvalue weighted by Gasteiger charge is 2.23. The molecule has 0 radical (unpaired) electrons. The molecule has 102 valence electrons. The van der Waals surface area contributed by atoms with Crippen molar-refractivity contribution in [3.05, 3.63) is 29.3 Å². The quantitative estimate of drug-likeness (QED) is 0.875. The topological polar surface area (TPSA) is 41.6 Å². The van der Waals surface area contributed by atoms with E-state index in [-0.39, 0.29) is 5.91 Å². The molecule has 19 heavy (non-hydrogen) atoms. The Labute approximate surface area is 113 Å². The van der Waals surface area contributed by atoms with Crippen LogP contribution in [0, 0.1) is 0 Å². The Morgan fingerprint density at radius 3 is 2.95 bits per heavy atom. The van der Waals surface area contributed by atoms with Crippen LogP contribution in [0.1, 0.15) is 28.8 Å². The van der Waals surface area contributed by atoms with Crippen LogP contribution in [0.25, 0.3) is 0 Å². The molecule has 0 unspecified atom stereocenters. The zero-order valence-corrected chi connectivity index (χ0v) is 11.3. The van der Waals surface area contributed by atoms with Gasteiger partial charge in [0.2, 0.25) is 0 Å². The first-order chi connectivity index (χ1) is 9.24. The zero-order valence-electron chi connectivity index (χ0n) is 11.3. The molecular formula is C15H20N2O2. The molecule has 0 spiro atoms. The van der Waals surface area contributed by atoms with Crippen LogP contribution in [-0.2, 0) is 6.42 Å². The van der Waals surface area contributed by atoms with Crippen LogP contribution in [0.2, 0.25) is 0 Å². The van der Waals surface area contributed by atoms with E-state index in [0.29, 0.717) is 12.6 Å². The molecule has 1 aromatic rings. The molecular weight excluding hydrogens is 240 g/mol. The summed E-state index contributed by atoms with van der Waals surface area (Å²) in [4.78, 5) is 14.7. The summed E-state index contributed by atoms with van der Waals surface area (Å²) < 4.78 is 5.51. The van der Waals surface area contributed by atoms with Crippen molar-refractivity contribution >= 4 is 5.91 Å². The lowest BCUT2D eigenvalue weighted by Crippen LogP contribution is -2.43. The third kappa shape index (κ3) is 2.59. The van der Waals surface area contributed by atoms with Gasteiger partial charge in [0.05, 0.1) is 6.61 Å². The van der Waals surface area contributed by atoms with Crippen LogP contribution in [0.3, 0.4) is 0 Å². The van der Waals surface area contributed by atoms with E-state index in [4.69, 9.17) is 4.74 Å². The lowest BCUT2D eigenvalue weighted by molar-refractivity contribution is 0.0916. The smallest absolute Gasteiger partial charge is 0.251 e. The number of nitrogens with one attached hydrogen (secondary N) is 1. The molecule has 0 atom stereocenters. The van der Waals surface area contributed by atoms with Crippen molar-refractivity contribution in [1.82, 2.24) is 10.2 Å². The molecule has 4 nitrogen and oxygen atoms in total. The standard InChI is InChI=1S/C15H20N2O2/c1-17-8-5-11(6-9-17)16-15(18)13-3-2-4-14-12(13)7-10-19-14/h2-4,11H,5-10H2,1H3,(H,16,18). The summed E-state index contributed by atoms with van der Waals surface area (Å²) in [5.74, 6) is 0.924. The number of benzene rings is 1. The van der Waals surface area contributed by atoms with Crippen molar-refractivity contribution in [1.29, 1.82) is 0 Å². The van der Waals surface area contributed by atoms with Gasteiger partial charge in [-0.25, -0.2) is 0 Å². The lowest BCUT2D eigenvalue weighted by Gasteiger charge is -2.29. The molecule has 1 fully saturated rings. The monoisotopic (exact) mass is 260 g/mol. The van der Waals surface area contributed by atoms with Gasteiger partial charge in [0.15, 0.2) is 0 Å². The molecule has 2 aliphatic heterocycles. The van der Waals surface area contributed by atoms with Gasteiger partial charge in [-0.3, -0.25) is 4.79 Å². The van der Waals surface area contributed by atoms with Crippen LogP contribution in [0.5, 0.6) is 5.75 Å². The lowest BCUT2D eigenvalue weighted by atomic mass is 10.0. The number of nitrogens with zero attached hydrogens (tertiary/aromatic N) is 1. The number of carbonyl (C=O) groups is 1. The Morgan fingerprint density at radius 2 is 2.16 bits per heavy atom. The molecule has 0 saturated carbocycles. The van der Waals surface area contributed by atoms with Crippen molar-refractivity contribution in [3.63, 3.8) is 0 Å². The Morgan fingerprint density at radius 1 is 1.37 bits per heavy atom. The maximum absolute atomic E-state index is 12.4. The fraction of sp³-hybridized carbons (Fsp3) is 0.533. The normalized spacial score (nSPS) is 19.8. The zero-order chi connectivity index (χ0) is 13.2. The van der Waals surface area contributed by atoms with E-state index in [0.717, 1.165) is 49.2 Å². The first-order valence-corrected chi connectivity index (χ1v) is 6.98. The highest BCUT2D eigenvalue weighted by molar-refractivity contribution is 5.96. The number of amides is 1. The van der Waals surface area contributed by atoms with E-state index in [9.17, 15) is 4.79 Å². The third-order valence-electron chi connectivity index (χ3n) is 4.04. The average Bonchev–Trinajstić information content (AvgIpc) is 2.89. The summed E-state index contributed by atoms with van der Waals surface area (Å²) in [6.45, 7) is 2.80. The summed E-state index contributed by atoms with van der Waals surface area (Å²) in [6.07, 6.45) is 2.91. The second-order valence-corrected chi connectivity index (χ2v) is 5.43. The molecule has 0 aliphatic carbocycles. The second kappa shape index (κ2) is 5.21. The van der Waals surface area contributed by atoms with Crippen molar-refractivity contribution < 1.29 is 9.53 Å². The van der Waals surface area contributed by atoms with Crippen molar-refractivity contribution in [2.75, 3.05) is 26.7 Å². The molecule has 1 aromatic carbocycles. The number of fused-ring (bicyclic) bond motifs is 1. The highest BCUT2D eigenvalue weighted by Crippen LogP contribution is 2.28. The van der Waals surface area contributed by atoms with Crippen LogP contribution in [-0.4, -0.2) is 43.6 Å². The minimum Gasteiger partial charge on any atom is -0.493 e. The molecule has 1 amide bonds. The number of hydrogen-bond acceptors (Lipinski definition) is 3. The van der Waals surface area contributed by atoms with E-state index < -0.39 is 0 Å². The van der Waals surface area contributed by atoms with E-state index in [1.54, 1.807) is 0 Å². The number of carbonyl (C=O) groups excluding carboxylic acids is 1.